The van der Waals surface area contributed by atoms with Gasteiger partial charge in [-0.05, 0) is 18.6 Å². The van der Waals surface area contributed by atoms with Crippen molar-refractivity contribution in [1.29, 1.82) is 0 Å². The van der Waals surface area contributed by atoms with Crippen LogP contribution in [-0.2, 0) is 0 Å². The molecule has 0 atom stereocenters. The van der Waals surface area contributed by atoms with Gasteiger partial charge in [0, 0.05) is 24.3 Å². The second-order valence-electron chi connectivity index (χ2n) is 4.39. The van der Waals surface area contributed by atoms with Gasteiger partial charge in [0.1, 0.15) is 5.84 Å². The van der Waals surface area contributed by atoms with Crippen molar-refractivity contribution >= 4 is 11.5 Å². The number of hydrogen-bond acceptors (Lipinski definition) is 3. The Morgan fingerprint density at radius 3 is 3.06 bits per heavy atom. The lowest BCUT2D eigenvalue weighted by Gasteiger charge is -2.37. The average Bonchev–Trinajstić information content (AvgIpc) is 2.78. The van der Waals surface area contributed by atoms with Crippen LogP contribution in [0.5, 0.6) is 0 Å². The van der Waals surface area contributed by atoms with Crippen LogP contribution in [0.25, 0.3) is 0 Å². The minimum Gasteiger partial charge on any atom is -0.353 e. The van der Waals surface area contributed by atoms with E-state index in [-0.39, 0.29) is 0 Å². The molecule has 0 amide bonds. The molecule has 0 saturated carbocycles. The molecule has 1 aromatic carbocycles. The van der Waals surface area contributed by atoms with Crippen molar-refractivity contribution in [3.05, 3.63) is 29.8 Å². The smallest absolute Gasteiger partial charge is 0.134 e. The molecule has 0 radical (unpaired) electrons. The summed E-state index contributed by atoms with van der Waals surface area (Å²) in [5.74, 6) is 1.20. The first-order chi connectivity index (χ1) is 7.90. The number of rotatable bonds is 2. The van der Waals surface area contributed by atoms with Gasteiger partial charge < -0.3 is 9.80 Å². The van der Waals surface area contributed by atoms with Gasteiger partial charge in [0.2, 0.25) is 0 Å². The maximum absolute atomic E-state index is 4.61. The molecule has 0 spiro atoms. The number of para-hydroxylation sites is 1. The van der Waals surface area contributed by atoms with Crippen LogP contribution >= 0.6 is 0 Å². The summed E-state index contributed by atoms with van der Waals surface area (Å²) in [7, 11) is 0. The largest absolute Gasteiger partial charge is 0.353 e. The topological polar surface area (TPSA) is 18.8 Å². The van der Waals surface area contributed by atoms with E-state index < -0.39 is 0 Å². The Hall–Kier alpha value is -1.51. The van der Waals surface area contributed by atoms with Crippen LogP contribution in [0.1, 0.15) is 18.9 Å². The van der Waals surface area contributed by atoms with Gasteiger partial charge in [0.25, 0.3) is 0 Å². The Labute approximate surface area is 96.4 Å². The molecular weight excluding hydrogens is 198 g/mol. The van der Waals surface area contributed by atoms with Crippen LogP contribution in [0.3, 0.4) is 0 Å². The molecule has 2 aliphatic rings. The number of hydrogen-bond donors (Lipinski definition) is 0. The predicted octanol–water partition coefficient (Wildman–Crippen LogP) is 1.94. The third kappa shape index (κ3) is 1.39. The molecule has 0 N–H and O–H groups in total. The van der Waals surface area contributed by atoms with Crippen molar-refractivity contribution in [2.24, 2.45) is 4.99 Å². The van der Waals surface area contributed by atoms with Crippen molar-refractivity contribution in [1.82, 2.24) is 4.90 Å². The highest BCUT2D eigenvalue weighted by Crippen LogP contribution is 2.29. The van der Waals surface area contributed by atoms with Gasteiger partial charge in [0.15, 0.2) is 0 Å². The van der Waals surface area contributed by atoms with Crippen LogP contribution in [0.15, 0.2) is 29.3 Å². The van der Waals surface area contributed by atoms with Crippen molar-refractivity contribution < 1.29 is 0 Å². The number of nitrogens with zero attached hydrogens (tertiary/aromatic N) is 3. The summed E-state index contributed by atoms with van der Waals surface area (Å²) in [6.45, 7) is 6.38. The zero-order valence-electron chi connectivity index (χ0n) is 9.69. The average molecular weight is 215 g/mol. The van der Waals surface area contributed by atoms with Crippen molar-refractivity contribution in [3.8, 4) is 0 Å². The van der Waals surface area contributed by atoms with E-state index in [1.165, 1.54) is 23.5 Å². The lowest BCUT2D eigenvalue weighted by atomic mass is 10.1. The Morgan fingerprint density at radius 2 is 2.19 bits per heavy atom. The maximum Gasteiger partial charge on any atom is 0.134 e. The predicted molar refractivity (Wildman–Crippen MR) is 67.1 cm³/mol. The molecule has 0 unspecified atom stereocenters. The van der Waals surface area contributed by atoms with Gasteiger partial charge in [-0.1, -0.05) is 19.1 Å². The van der Waals surface area contributed by atoms with E-state index in [9.17, 15) is 0 Å². The normalized spacial score (nSPS) is 18.2. The van der Waals surface area contributed by atoms with E-state index in [0.717, 1.165) is 26.3 Å². The standard InChI is InChI=1S/C13H17N3/c1-2-8-15-10-16-9-7-14-13(16)11-5-3-4-6-12(11)15/h3-6H,2,7-10H2,1H3. The Kier molecular flexibility index (Phi) is 2.31. The summed E-state index contributed by atoms with van der Waals surface area (Å²) in [6.07, 6.45) is 1.19. The highest BCUT2D eigenvalue weighted by Gasteiger charge is 2.28. The third-order valence-corrected chi connectivity index (χ3v) is 3.25. The van der Waals surface area contributed by atoms with E-state index in [0.29, 0.717) is 0 Å². The number of anilines is 1. The number of amidine groups is 1. The van der Waals surface area contributed by atoms with Crippen LogP contribution < -0.4 is 4.90 Å². The van der Waals surface area contributed by atoms with Crippen LogP contribution in [0.4, 0.5) is 5.69 Å². The summed E-state index contributed by atoms with van der Waals surface area (Å²) >= 11 is 0. The summed E-state index contributed by atoms with van der Waals surface area (Å²) < 4.78 is 0. The Bertz CT molecular complexity index is 425. The van der Waals surface area contributed by atoms with E-state index in [4.69, 9.17) is 0 Å². The van der Waals surface area contributed by atoms with Crippen molar-refractivity contribution in [2.75, 3.05) is 31.2 Å². The van der Waals surface area contributed by atoms with Crippen LogP contribution in [-0.4, -0.2) is 37.0 Å². The minimum absolute atomic E-state index is 0.948. The molecule has 3 rings (SSSR count). The highest BCUT2D eigenvalue weighted by atomic mass is 15.4. The molecule has 84 valence electrons. The quantitative estimate of drug-likeness (QED) is 0.750. The van der Waals surface area contributed by atoms with Crippen molar-refractivity contribution in [3.63, 3.8) is 0 Å². The van der Waals surface area contributed by atoms with E-state index in [1.54, 1.807) is 0 Å². The molecule has 0 aliphatic carbocycles. The molecule has 1 aromatic rings. The van der Waals surface area contributed by atoms with Gasteiger partial charge in [-0.25, -0.2) is 0 Å². The number of aliphatic imine (C=N–C) groups is 1. The summed E-state index contributed by atoms with van der Waals surface area (Å²) in [6, 6.07) is 8.62. The van der Waals surface area contributed by atoms with Crippen molar-refractivity contribution in [2.45, 2.75) is 13.3 Å². The fraction of sp³-hybridized carbons (Fsp3) is 0.462. The van der Waals surface area contributed by atoms with E-state index in [2.05, 4.69) is 46.0 Å². The van der Waals surface area contributed by atoms with Crippen LogP contribution in [0, 0.1) is 0 Å². The van der Waals surface area contributed by atoms with Gasteiger partial charge >= 0.3 is 0 Å². The summed E-state index contributed by atoms with van der Waals surface area (Å²) in [5.41, 5.74) is 2.65. The molecule has 0 saturated heterocycles. The van der Waals surface area contributed by atoms with E-state index >= 15 is 0 Å². The lowest BCUT2D eigenvalue weighted by Crippen LogP contribution is -2.45. The first-order valence-corrected chi connectivity index (χ1v) is 6.04. The SMILES string of the molecule is CCCN1CN2CCN=C2c2ccccc21. The number of fused-ring (bicyclic) bond motifs is 3. The van der Waals surface area contributed by atoms with Gasteiger partial charge in [-0.3, -0.25) is 4.99 Å². The molecule has 0 aromatic heterocycles. The second-order valence-corrected chi connectivity index (χ2v) is 4.39. The Morgan fingerprint density at radius 1 is 1.31 bits per heavy atom. The highest BCUT2D eigenvalue weighted by molar-refractivity contribution is 6.06. The zero-order chi connectivity index (χ0) is 11.0. The van der Waals surface area contributed by atoms with Crippen LogP contribution in [0.2, 0.25) is 0 Å². The third-order valence-electron chi connectivity index (χ3n) is 3.25. The number of benzene rings is 1. The second kappa shape index (κ2) is 3.81. The molecular formula is C13H17N3. The van der Waals surface area contributed by atoms with E-state index in [1.807, 2.05) is 0 Å². The lowest BCUT2D eigenvalue weighted by molar-refractivity contribution is 0.438. The molecule has 0 fully saturated rings. The summed E-state index contributed by atoms with van der Waals surface area (Å²) in [4.78, 5) is 9.45. The maximum atomic E-state index is 4.61. The molecule has 3 heteroatoms. The van der Waals surface area contributed by atoms with Gasteiger partial charge in [-0.15, -0.1) is 0 Å². The molecule has 3 nitrogen and oxygen atoms in total. The molecule has 2 aliphatic heterocycles. The molecule has 0 bridgehead atoms. The zero-order valence-corrected chi connectivity index (χ0v) is 9.69. The molecule has 2 heterocycles. The molecule has 16 heavy (non-hydrogen) atoms. The van der Waals surface area contributed by atoms with Gasteiger partial charge in [-0.2, -0.15) is 0 Å². The Balaban J connectivity index is 2.05. The summed E-state index contributed by atoms with van der Waals surface area (Å²) in [5, 5.41) is 0. The first kappa shape index (κ1) is 9.70. The minimum atomic E-state index is 0.948. The monoisotopic (exact) mass is 215 g/mol. The fourth-order valence-corrected chi connectivity index (χ4v) is 2.56. The first-order valence-electron chi connectivity index (χ1n) is 6.04. The van der Waals surface area contributed by atoms with Gasteiger partial charge in [0.05, 0.1) is 13.2 Å². The fourth-order valence-electron chi connectivity index (χ4n) is 2.56.